The average Bonchev–Trinajstić information content (AvgIpc) is 2.75. The van der Waals surface area contributed by atoms with Crippen LogP contribution in [-0.4, -0.2) is 23.3 Å². The molecule has 0 amide bonds. The summed E-state index contributed by atoms with van der Waals surface area (Å²) in [5.41, 5.74) is -0.429. The molecule has 3 nitrogen and oxygen atoms in total. The van der Waals surface area contributed by atoms with Gasteiger partial charge in [-0.15, -0.1) is 11.3 Å². The smallest absolute Gasteiger partial charge is 0.403 e. The van der Waals surface area contributed by atoms with Crippen LogP contribution in [-0.2, 0) is 9.31 Å². The zero-order valence-corrected chi connectivity index (χ0v) is 11.6. The number of thiazole rings is 1. The molecule has 2 aliphatic rings. The summed E-state index contributed by atoms with van der Waals surface area (Å²) in [6.45, 7) is 8.42. The molecule has 0 unspecified atom stereocenters. The Labute approximate surface area is 107 Å². The van der Waals surface area contributed by atoms with Crippen LogP contribution in [0, 0.1) is 0 Å². The molecule has 0 radical (unpaired) electrons. The molecular weight excluding hydrogens is 233 g/mol. The van der Waals surface area contributed by atoms with E-state index in [0.29, 0.717) is 11.7 Å². The molecule has 1 aromatic rings. The number of aromatic nitrogens is 1. The Bertz CT molecular complexity index is 402. The number of hydrogen-bond donors (Lipinski definition) is 0. The molecule has 2 fully saturated rings. The first kappa shape index (κ1) is 11.7. The fraction of sp³-hybridized carbons (Fsp3) is 0.750. The molecule has 1 aliphatic carbocycles. The van der Waals surface area contributed by atoms with E-state index < -0.39 is 0 Å². The van der Waals surface area contributed by atoms with Gasteiger partial charge < -0.3 is 9.31 Å². The van der Waals surface area contributed by atoms with Crippen molar-refractivity contribution in [2.75, 3.05) is 0 Å². The van der Waals surface area contributed by atoms with Crippen LogP contribution in [0.4, 0.5) is 0 Å². The van der Waals surface area contributed by atoms with Crippen molar-refractivity contribution in [1.29, 1.82) is 0 Å². The van der Waals surface area contributed by atoms with Crippen LogP contribution in [0.5, 0.6) is 0 Å². The summed E-state index contributed by atoms with van der Waals surface area (Å²) in [5.74, 6) is 1.03. The SMILES string of the molecule is CC1(C)OB([C@@H]2C[C@H]2c2nccs2)OC1(C)C. The maximum Gasteiger partial charge on any atom is 0.461 e. The van der Waals surface area contributed by atoms with Crippen LogP contribution in [0.2, 0.25) is 5.82 Å². The minimum atomic E-state index is -0.215. The van der Waals surface area contributed by atoms with Crippen molar-refractivity contribution in [3.05, 3.63) is 16.6 Å². The first-order chi connectivity index (χ1) is 7.91. The second kappa shape index (κ2) is 3.56. The highest BCUT2D eigenvalue weighted by molar-refractivity contribution is 7.09. The largest absolute Gasteiger partial charge is 0.461 e. The van der Waals surface area contributed by atoms with Gasteiger partial charge >= 0.3 is 7.12 Å². The van der Waals surface area contributed by atoms with E-state index in [1.165, 1.54) is 5.01 Å². The lowest BCUT2D eigenvalue weighted by Crippen LogP contribution is -2.41. The van der Waals surface area contributed by atoms with Gasteiger partial charge in [0.25, 0.3) is 0 Å². The first-order valence-electron chi connectivity index (χ1n) is 6.16. The van der Waals surface area contributed by atoms with Crippen LogP contribution in [0.25, 0.3) is 0 Å². The predicted octanol–water partition coefficient (Wildman–Crippen LogP) is 3.09. The maximum absolute atomic E-state index is 6.07. The molecule has 2 heterocycles. The third-order valence-corrected chi connectivity index (χ3v) is 5.14. The second-order valence-corrected chi connectivity index (χ2v) is 6.93. The van der Waals surface area contributed by atoms with Crippen molar-refractivity contribution < 1.29 is 9.31 Å². The summed E-state index contributed by atoms with van der Waals surface area (Å²) in [6.07, 6.45) is 3.02. The number of hydrogen-bond acceptors (Lipinski definition) is 4. The quantitative estimate of drug-likeness (QED) is 0.757. The van der Waals surface area contributed by atoms with Gasteiger partial charge in [0.15, 0.2) is 0 Å². The summed E-state index contributed by atoms with van der Waals surface area (Å²) in [5, 5.41) is 3.26. The van der Waals surface area contributed by atoms with Gasteiger partial charge in [0.05, 0.1) is 16.2 Å². The molecule has 17 heavy (non-hydrogen) atoms. The summed E-state index contributed by atoms with van der Waals surface area (Å²) >= 11 is 1.73. The van der Waals surface area contributed by atoms with Gasteiger partial charge in [-0.25, -0.2) is 4.98 Å². The monoisotopic (exact) mass is 251 g/mol. The topological polar surface area (TPSA) is 31.4 Å². The Morgan fingerprint density at radius 3 is 2.47 bits per heavy atom. The fourth-order valence-corrected chi connectivity index (χ4v) is 3.11. The van der Waals surface area contributed by atoms with Crippen LogP contribution >= 0.6 is 11.3 Å². The second-order valence-electron chi connectivity index (χ2n) is 6.00. The Morgan fingerprint density at radius 2 is 1.94 bits per heavy atom. The van der Waals surface area contributed by atoms with E-state index in [-0.39, 0.29) is 18.3 Å². The van der Waals surface area contributed by atoms with Gasteiger partial charge in [-0.05, 0) is 34.1 Å². The van der Waals surface area contributed by atoms with E-state index in [1.54, 1.807) is 11.3 Å². The van der Waals surface area contributed by atoms with E-state index in [0.717, 1.165) is 6.42 Å². The molecule has 3 rings (SSSR count). The van der Waals surface area contributed by atoms with Gasteiger partial charge in [0, 0.05) is 23.3 Å². The average molecular weight is 251 g/mol. The third kappa shape index (κ3) is 1.84. The van der Waals surface area contributed by atoms with Gasteiger partial charge in [0.2, 0.25) is 0 Å². The van der Waals surface area contributed by atoms with Crippen LogP contribution in [0.1, 0.15) is 45.0 Å². The maximum atomic E-state index is 6.07. The van der Waals surface area contributed by atoms with Crippen LogP contribution in [0.3, 0.4) is 0 Å². The molecule has 2 atom stereocenters. The van der Waals surface area contributed by atoms with Gasteiger partial charge in [0.1, 0.15) is 0 Å². The Hall–Kier alpha value is -0.385. The highest BCUT2D eigenvalue weighted by Crippen LogP contribution is 2.58. The van der Waals surface area contributed by atoms with Gasteiger partial charge in [-0.1, -0.05) is 0 Å². The molecule has 5 heteroatoms. The summed E-state index contributed by atoms with van der Waals surface area (Å²) in [4.78, 5) is 4.38. The molecule has 1 saturated heterocycles. The summed E-state index contributed by atoms with van der Waals surface area (Å²) in [6, 6.07) is 0. The Balaban J connectivity index is 1.70. The number of nitrogens with zero attached hydrogens (tertiary/aromatic N) is 1. The highest BCUT2D eigenvalue weighted by atomic mass is 32.1. The van der Waals surface area contributed by atoms with Gasteiger partial charge in [-0.3, -0.25) is 0 Å². The van der Waals surface area contributed by atoms with Crippen molar-refractivity contribution in [2.45, 2.75) is 57.1 Å². The zero-order valence-electron chi connectivity index (χ0n) is 10.8. The molecule has 0 spiro atoms. The number of rotatable bonds is 2. The molecular formula is C12H18BNO2S. The lowest BCUT2D eigenvalue weighted by atomic mass is 9.81. The normalized spacial score (nSPS) is 34.0. The minimum absolute atomic E-state index is 0.0612. The Kier molecular flexibility index (Phi) is 2.45. The van der Waals surface area contributed by atoms with Crippen molar-refractivity contribution in [3.8, 4) is 0 Å². The Morgan fingerprint density at radius 1 is 1.29 bits per heavy atom. The standard InChI is InChI=1S/C12H18BNO2S/c1-11(2)12(3,4)16-13(15-11)9-7-8(9)10-14-5-6-17-10/h5-6,8-9H,7H2,1-4H3/t8-,9-/m1/s1. The lowest BCUT2D eigenvalue weighted by molar-refractivity contribution is 0.00578. The van der Waals surface area contributed by atoms with E-state index in [4.69, 9.17) is 9.31 Å². The summed E-state index contributed by atoms with van der Waals surface area (Å²) < 4.78 is 12.1. The molecule has 1 aliphatic heterocycles. The molecule has 0 aromatic carbocycles. The van der Waals surface area contributed by atoms with E-state index in [1.807, 2.05) is 11.6 Å². The molecule has 0 N–H and O–H groups in total. The van der Waals surface area contributed by atoms with Crippen molar-refractivity contribution in [3.63, 3.8) is 0 Å². The van der Waals surface area contributed by atoms with Crippen LogP contribution in [0.15, 0.2) is 11.6 Å². The fourth-order valence-electron chi connectivity index (χ4n) is 2.28. The highest BCUT2D eigenvalue weighted by Gasteiger charge is 2.60. The first-order valence-corrected chi connectivity index (χ1v) is 7.04. The molecule has 1 aromatic heterocycles. The zero-order chi connectivity index (χ0) is 12.3. The van der Waals surface area contributed by atoms with Crippen molar-refractivity contribution in [2.24, 2.45) is 0 Å². The van der Waals surface area contributed by atoms with Crippen LogP contribution < -0.4 is 0 Å². The predicted molar refractivity (Wildman–Crippen MR) is 69.3 cm³/mol. The van der Waals surface area contributed by atoms with E-state index >= 15 is 0 Å². The van der Waals surface area contributed by atoms with Crippen molar-refractivity contribution in [1.82, 2.24) is 4.98 Å². The van der Waals surface area contributed by atoms with E-state index in [9.17, 15) is 0 Å². The molecule has 92 valence electrons. The van der Waals surface area contributed by atoms with Gasteiger partial charge in [-0.2, -0.15) is 0 Å². The minimum Gasteiger partial charge on any atom is -0.403 e. The van der Waals surface area contributed by atoms with E-state index in [2.05, 4.69) is 32.7 Å². The third-order valence-electron chi connectivity index (χ3n) is 4.23. The lowest BCUT2D eigenvalue weighted by Gasteiger charge is -2.32. The molecule has 1 saturated carbocycles. The van der Waals surface area contributed by atoms with Crippen molar-refractivity contribution >= 4 is 18.5 Å². The molecule has 0 bridgehead atoms. The summed E-state index contributed by atoms with van der Waals surface area (Å²) in [7, 11) is -0.0612.